The summed E-state index contributed by atoms with van der Waals surface area (Å²) in [6.07, 6.45) is 0.491. The van der Waals surface area contributed by atoms with Crippen LogP contribution < -0.4 is 0 Å². The number of halogens is 2. The Morgan fingerprint density at radius 2 is 1.87 bits per heavy atom. The van der Waals surface area contributed by atoms with Gasteiger partial charge >= 0.3 is 7.60 Å². The van der Waals surface area contributed by atoms with Crippen molar-refractivity contribution in [1.82, 2.24) is 0 Å². The lowest BCUT2D eigenvalue weighted by Gasteiger charge is -2.18. The van der Waals surface area contributed by atoms with Crippen molar-refractivity contribution in [3.63, 3.8) is 0 Å². The first kappa shape index (κ1) is 19.3. The van der Waals surface area contributed by atoms with E-state index in [0.29, 0.717) is 35.7 Å². The lowest BCUT2D eigenvalue weighted by Crippen LogP contribution is -2.16. The molecular weight excluding hydrogens is 450 g/mol. The molecule has 1 aromatic carbocycles. The van der Waals surface area contributed by atoms with Crippen molar-refractivity contribution in [2.24, 2.45) is 0 Å². The van der Waals surface area contributed by atoms with Crippen LogP contribution in [-0.4, -0.2) is 23.2 Å². The molecule has 23 heavy (non-hydrogen) atoms. The van der Waals surface area contributed by atoms with Gasteiger partial charge in [-0.05, 0) is 45.0 Å². The summed E-state index contributed by atoms with van der Waals surface area (Å²) >= 11 is 8.28. The first-order valence-corrected chi connectivity index (χ1v) is 10.8. The number of rotatable bonds is 7. The highest BCUT2D eigenvalue weighted by Crippen LogP contribution is 2.62. The summed E-state index contributed by atoms with van der Waals surface area (Å²) < 4.78 is 30.6. The van der Waals surface area contributed by atoms with Gasteiger partial charge in [0.15, 0.2) is 0 Å². The van der Waals surface area contributed by atoms with Crippen molar-refractivity contribution in [2.45, 2.75) is 37.2 Å². The van der Waals surface area contributed by atoms with Gasteiger partial charge in [0.2, 0.25) is 0 Å². The SMILES string of the molecule is CCOP(=O)(OCC)C1=C(c2ccc(Cl)cc2)OC(C(C)I)C1. The van der Waals surface area contributed by atoms with Crippen molar-refractivity contribution < 1.29 is 18.3 Å². The van der Waals surface area contributed by atoms with Crippen LogP contribution in [0.3, 0.4) is 0 Å². The minimum absolute atomic E-state index is 0.0504. The van der Waals surface area contributed by atoms with Gasteiger partial charge in [-0.2, -0.15) is 0 Å². The molecule has 2 rings (SSSR count). The lowest BCUT2D eigenvalue weighted by atomic mass is 10.1. The van der Waals surface area contributed by atoms with E-state index in [4.69, 9.17) is 25.4 Å². The molecule has 7 heteroatoms. The molecule has 4 nitrogen and oxygen atoms in total. The van der Waals surface area contributed by atoms with Crippen molar-refractivity contribution in [1.29, 1.82) is 0 Å². The van der Waals surface area contributed by atoms with Gasteiger partial charge in [-0.15, -0.1) is 0 Å². The van der Waals surface area contributed by atoms with Crippen LogP contribution in [0, 0.1) is 0 Å². The molecular formula is C16H21ClIO4P. The predicted molar refractivity (Wildman–Crippen MR) is 102 cm³/mol. The molecule has 0 bridgehead atoms. The minimum atomic E-state index is -3.36. The Hall–Kier alpha value is -0.0700. The van der Waals surface area contributed by atoms with E-state index in [1.807, 2.05) is 26.0 Å². The highest BCUT2D eigenvalue weighted by molar-refractivity contribution is 14.1. The smallest absolute Gasteiger partial charge is 0.361 e. The van der Waals surface area contributed by atoms with Gasteiger partial charge in [0, 0.05) is 20.9 Å². The van der Waals surface area contributed by atoms with E-state index in [1.165, 1.54) is 0 Å². The Morgan fingerprint density at radius 3 is 2.35 bits per heavy atom. The van der Waals surface area contributed by atoms with Crippen molar-refractivity contribution in [2.75, 3.05) is 13.2 Å². The minimum Gasteiger partial charge on any atom is -0.488 e. The Labute approximate surface area is 156 Å². The Morgan fingerprint density at radius 1 is 1.30 bits per heavy atom. The number of alkyl halides is 1. The zero-order valence-electron chi connectivity index (χ0n) is 13.4. The molecule has 0 aromatic heterocycles. The molecule has 0 saturated carbocycles. The van der Waals surface area contributed by atoms with Crippen LogP contribution in [0.15, 0.2) is 29.6 Å². The molecule has 2 atom stereocenters. The van der Waals surface area contributed by atoms with Crippen LogP contribution >= 0.6 is 41.8 Å². The fourth-order valence-corrected chi connectivity index (χ4v) is 4.83. The summed E-state index contributed by atoms with van der Waals surface area (Å²) in [6.45, 7) is 6.32. The maximum atomic E-state index is 13.2. The first-order valence-electron chi connectivity index (χ1n) is 7.60. The molecule has 1 aliphatic heterocycles. The summed E-state index contributed by atoms with van der Waals surface area (Å²) in [4.78, 5) is 0. The second-order valence-electron chi connectivity index (χ2n) is 5.15. The number of benzene rings is 1. The Balaban J connectivity index is 2.48. The second-order valence-corrected chi connectivity index (χ2v) is 9.61. The fourth-order valence-electron chi connectivity index (χ4n) is 2.41. The number of ether oxygens (including phenoxy) is 1. The lowest BCUT2D eigenvalue weighted by molar-refractivity contribution is 0.195. The van der Waals surface area contributed by atoms with Gasteiger partial charge in [0.1, 0.15) is 11.9 Å². The quantitative estimate of drug-likeness (QED) is 0.283. The zero-order chi connectivity index (χ0) is 17.0. The highest BCUT2D eigenvalue weighted by Gasteiger charge is 2.41. The van der Waals surface area contributed by atoms with Crippen molar-refractivity contribution >= 4 is 47.5 Å². The summed E-state index contributed by atoms with van der Waals surface area (Å²) in [5.41, 5.74) is 0.837. The van der Waals surface area contributed by atoms with Crippen LogP contribution in [0.1, 0.15) is 32.8 Å². The van der Waals surface area contributed by atoms with E-state index < -0.39 is 7.60 Å². The van der Waals surface area contributed by atoms with Gasteiger partial charge < -0.3 is 13.8 Å². The Kier molecular flexibility index (Phi) is 6.99. The van der Waals surface area contributed by atoms with Crippen LogP contribution in [0.25, 0.3) is 5.76 Å². The van der Waals surface area contributed by atoms with E-state index in [-0.39, 0.29) is 10.0 Å². The third-order valence-corrected chi connectivity index (χ3v) is 6.77. The van der Waals surface area contributed by atoms with Crippen LogP contribution in [0.2, 0.25) is 5.02 Å². The average molecular weight is 471 g/mol. The molecule has 0 amide bonds. The van der Waals surface area contributed by atoms with E-state index in [2.05, 4.69) is 29.5 Å². The van der Waals surface area contributed by atoms with Gasteiger partial charge in [-0.25, -0.2) is 0 Å². The average Bonchev–Trinajstić information content (AvgIpc) is 2.94. The maximum absolute atomic E-state index is 13.2. The molecule has 1 aliphatic rings. The third kappa shape index (κ3) is 4.51. The van der Waals surface area contributed by atoms with Crippen LogP contribution in [0.5, 0.6) is 0 Å². The largest absolute Gasteiger partial charge is 0.488 e. The molecule has 1 aromatic rings. The molecule has 0 fully saturated rings. The molecule has 2 unspecified atom stereocenters. The molecule has 0 aliphatic carbocycles. The van der Waals surface area contributed by atoms with E-state index in [9.17, 15) is 4.57 Å². The molecule has 128 valence electrons. The van der Waals surface area contributed by atoms with Crippen molar-refractivity contribution in [3.8, 4) is 0 Å². The molecule has 0 spiro atoms. The summed E-state index contributed by atoms with van der Waals surface area (Å²) in [6, 6.07) is 7.30. The molecule has 0 N–H and O–H groups in total. The normalized spacial score (nSPS) is 19.8. The van der Waals surface area contributed by atoms with Gasteiger partial charge in [-0.3, -0.25) is 4.57 Å². The number of hydrogen-bond donors (Lipinski definition) is 0. The van der Waals surface area contributed by atoms with Gasteiger partial charge in [0.05, 0.1) is 18.5 Å². The Bertz CT molecular complexity index is 605. The van der Waals surface area contributed by atoms with Crippen LogP contribution in [0.4, 0.5) is 0 Å². The van der Waals surface area contributed by atoms with E-state index >= 15 is 0 Å². The topological polar surface area (TPSA) is 44.8 Å². The summed E-state index contributed by atoms with van der Waals surface area (Å²) in [7, 11) is -3.36. The second kappa shape index (κ2) is 8.34. The van der Waals surface area contributed by atoms with Gasteiger partial charge in [-0.1, -0.05) is 34.2 Å². The monoisotopic (exact) mass is 470 g/mol. The van der Waals surface area contributed by atoms with E-state index in [0.717, 1.165) is 5.56 Å². The maximum Gasteiger partial charge on any atom is 0.361 e. The molecule has 1 heterocycles. The summed E-state index contributed by atoms with van der Waals surface area (Å²) in [5.74, 6) is 0.598. The molecule has 0 saturated heterocycles. The highest BCUT2D eigenvalue weighted by atomic mass is 127. The number of hydrogen-bond acceptors (Lipinski definition) is 4. The van der Waals surface area contributed by atoms with Crippen molar-refractivity contribution in [3.05, 3.63) is 40.2 Å². The standard InChI is InChI=1S/C16H21ClIO4P/c1-4-20-23(19,21-5-2)15-10-14(11(3)18)22-16(15)12-6-8-13(17)9-7-12/h6-9,11,14H,4-5,10H2,1-3H3. The first-order chi connectivity index (χ1) is 10.9. The third-order valence-electron chi connectivity index (χ3n) is 3.47. The summed E-state index contributed by atoms with van der Waals surface area (Å²) in [5, 5.41) is 1.27. The predicted octanol–water partition coefficient (Wildman–Crippen LogP) is 5.89. The fraction of sp³-hybridized carbons (Fsp3) is 0.500. The van der Waals surface area contributed by atoms with Gasteiger partial charge in [0.25, 0.3) is 0 Å². The molecule has 0 radical (unpaired) electrons. The van der Waals surface area contributed by atoms with E-state index in [1.54, 1.807) is 12.1 Å². The van der Waals surface area contributed by atoms with Crippen LogP contribution in [-0.2, 0) is 18.3 Å². The zero-order valence-corrected chi connectivity index (χ0v) is 17.2.